The van der Waals surface area contributed by atoms with E-state index in [9.17, 15) is 9.59 Å². The Bertz CT molecular complexity index is 427. The van der Waals surface area contributed by atoms with E-state index in [1.54, 1.807) is 6.92 Å². The number of H-pyrrole nitrogens is 1. The lowest BCUT2D eigenvalue weighted by Crippen LogP contribution is -2.38. The van der Waals surface area contributed by atoms with Gasteiger partial charge in [0.25, 0.3) is 5.56 Å². The highest BCUT2D eigenvalue weighted by Crippen LogP contribution is 2.06. The Morgan fingerprint density at radius 1 is 1.62 bits per heavy atom. The Morgan fingerprint density at radius 2 is 2.31 bits per heavy atom. The molecule has 0 aliphatic heterocycles. The van der Waals surface area contributed by atoms with Crippen molar-refractivity contribution in [1.29, 1.82) is 0 Å². The second-order valence-corrected chi connectivity index (χ2v) is 3.55. The van der Waals surface area contributed by atoms with Gasteiger partial charge < -0.3 is 5.73 Å². The molecular weight excluding hydrogens is 208 g/mol. The molecule has 1 rings (SSSR count). The van der Waals surface area contributed by atoms with E-state index in [0.717, 1.165) is 12.8 Å². The number of nitrogens with zero attached hydrogens (tertiary/aromatic N) is 2. The van der Waals surface area contributed by atoms with Crippen molar-refractivity contribution in [3.8, 4) is 0 Å². The van der Waals surface area contributed by atoms with E-state index in [0.29, 0.717) is 12.2 Å². The first-order valence-corrected chi connectivity index (χ1v) is 5.19. The van der Waals surface area contributed by atoms with E-state index in [1.165, 1.54) is 11.0 Å². The van der Waals surface area contributed by atoms with Gasteiger partial charge in [0.2, 0.25) is 5.95 Å². The predicted molar refractivity (Wildman–Crippen MR) is 61.4 cm³/mol. The number of hydrogen-bond acceptors (Lipinski definition) is 3. The van der Waals surface area contributed by atoms with Crippen molar-refractivity contribution in [3.05, 3.63) is 22.1 Å². The average molecular weight is 224 g/mol. The summed E-state index contributed by atoms with van der Waals surface area (Å²) in [4.78, 5) is 30.3. The van der Waals surface area contributed by atoms with Gasteiger partial charge in [-0.1, -0.05) is 13.3 Å². The fourth-order valence-corrected chi connectivity index (χ4v) is 1.33. The van der Waals surface area contributed by atoms with Gasteiger partial charge in [0.05, 0.1) is 0 Å². The highest BCUT2D eigenvalue weighted by molar-refractivity contribution is 5.88. The average Bonchev–Trinajstić information content (AvgIpc) is 2.16. The smallest absolute Gasteiger partial charge is 0.321 e. The number of amides is 2. The van der Waals surface area contributed by atoms with E-state index in [1.807, 2.05) is 6.92 Å². The highest BCUT2D eigenvalue weighted by Gasteiger charge is 2.14. The molecule has 88 valence electrons. The highest BCUT2D eigenvalue weighted by atomic mass is 16.2. The largest absolute Gasteiger partial charge is 0.351 e. The minimum Gasteiger partial charge on any atom is -0.351 e. The number of aromatic amines is 1. The van der Waals surface area contributed by atoms with E-state index < -0.39 is 6.03 Å². The molecule has 3 N–H and O–H groups in total. The molecule has 0 bridgehead atoms. The quantitative estimate of drug-likeness (QED) is 0.790. The van der Waals surface area contributed by atoms with Crippen LogP contribution < -0.4 is 16.2 Å². The normalized spacial score (nSPS) is 10.1. The van der Waals surface area contributed by atoms with Crippen LogP contribution in [0.15, 0.2) is 10.9 Å². The first kappa shape index (κ1) is 12.2. The van der Waals surface area contributed by atoms with Gasteiger partial charge in [0.1, 0.15) is 0 Å². The monoisotopic (exact) mass is 224 g/mol. The predicted octanol–water partition coefficient (Wildman–Crippen LogP) is 0.764. The second-order valence-electron chi connectivity index (χ2n) is 3.55. The number of carbonyl (C=O) groups excluding carboxylic acids is 1. The Morgan fingerprint density at radius 3 is 2.81 bits per heavy atom. The zero-order valence-corrected chi connectivity index (χ0v) is 9.49. The standard InChI is InChI=1S/C10H16N4O2/c1-3-4-5-14(9(11)16)10-12-7(2)6-8(15)13-10/h6H,3-5H2,1-2H3,(H2,11,16)(H,12,13,15). The molecular formula is C10H16N4O2. The number of nitrogens with one attached hydrogen (secondary N) is 1. The number of urea groups is 1. The molecule has 0 radical (unpaired) electrons. The van der Waals surface area contributed by atoms with Crippen LogP contribution in [-0.4, -0.2) is 22.5 Å². The fourth-order valence-electron chi connectivity index (χ4n) is 1.33. The minimum absolute atomic E-state index is 0.214. The van der Waals surface area contributed by atoms with Gasteiger partial charge in [-0.05, 0) is 13.3 Å². The van der Waals surface area contributed by atoms with Gasteiger partial charge in [-0.3, -0.25) is 14.7 Å². The summed E-state index contributed by atoms with van der Waals surface area (Å²) >= 11 is 0. The first-order chi connectivity index (χ1) is 7.54. The molecule has 6 nitrogen and oxygen atoms in total. The number of aryl methyl sites for hydroxylation is 1. The van der Waals surface area contributed by atoms with E-state index in [-0.39, 0.29) is 11.5 Å². The molecule has 6 heteroatoms. The number of carbonyl (C=O) groups is 1. The molecule has 0 fully saturated rings. The van der Waals surface area contributed by atoms with Crippen molar-refractivity contribution in [2.45, 2.75) is 26.7 Å². The Hall–Kier alpha value is -1.85. The molecule has 1 aromatic rings. The van der Waals surface area contributed by atoms with Gasteiger partial charge in [-0.25, -0.2) is 9.78 Å². The molecule has 0 unspecified atom stereocenters. The summed E-state index contributed by atoms with van der Waals surface area (Å²) in [6.45, 7) is 4.15. The molecule has 0 saturated heterocycles. The van der Waals surface area contributed by atoms with E-state index >= 15 is 0 Å². The van der Waals surface area contributed by atoms with Crippen LogP contribution >= 0.6 is 0 Å². The SMILES string of the molecule is CCCCN(C(N)=O)c1nc(C)cc(=O)[nH]1. The van der Waals surface area contributed by atoms with Crippen LogP contribution in [0.5, 0.6) is 0 Å². The van der Waals surface area contributed by atoms with Crippen molar-refractivity contribution in [2.75, 3.05) is 11.4 Å². The van der Waals surface area contributed by atoms with E-state index in [4.69, 9.17) is 5.73 Å². The number of primary amides is 1. The first-order valence-electron chi connectivity index (χ1n) is 5.19. The summed E-state index contributed by atoms with van der Waals surface area (Å²) < 4.78 is 0. The summed E-state index contributed by atoms with van der Waals surface area (Å²) in [7, 11) is 0. The molecule has 1 heterocycles. The van der Waals surface area contributed by atoms with Crippen LogP contribution in [0.4, 0.5) is 10.7 Å². The zero-order valence-electron chi connectivity index (χ0n) is 9.49. The second kappa shape index (κ2) is 5.29. The summed E-state index contributed by atoms with van der Waals surface area (Å²) in [5.41, 5.74) is 5.50. The van der Waals surface area contributed by atoms with E-state index in [2.05, 4.69) is 9.97 Å². The molecule has 0 spiro atoms. The number of aromatic nitrogens is 2. The summed E-state index contributed by atoms with van der Waals surface area (Å²) in [5.74, 6) is 0.214. The van der Waals surface area contributed by atoms with Crippen LogP contribution in [-0.2, 0) is 0 Å². The van der Waals surface area contributed by atoms with Crippen molar-refractivity contribution < 1.29 is 4.79 Å². The van der Waals surface area contributed by atoms with Crippen molar-refractivity contribution in [2.24, 2.45) is 5.73 Å². The lowest BCUT2D eigenvalue weighted by Gasteiger charge is -2.18. The lowest BCUT2D eigenvalue weighted by atomic mass is 10.3. The minimum atomic E-state index is -0.609. The Balaban J connectivity index is 3.00. The zero-order chi connectivity index (χ0) is 12.1. The molecule has 0 saturated carbocycles. The van der Waals surface area contributed by atoms with Crippen molar-refractivity contribution in [1.82, 2.24) is 9.97 Å². The molecule has 0 aliphatic rings. The molecule has 0 aromatic carbocycles. The molecule has 1 aromatic heterocycles. The number of hydrogen-bond donors (Lipinski definition) is 2. The number of unbranched alkanes of at least 4 members (excludes halogenated alkanes) is 1. The number of rotatable bonds is 4. The molecule has 0 atom stereocenters. The number of nitrogens with two attached hydrogens (primary N) is 1. The Labute approximate surface area is 93.5 Å². The third kappa shape index (κ3) is 3.08. The summed E-state index contributed by atoms with van der Waals surface area (Å²) in [6.07, 6.45) is 1.74. The molecule has 0 aliphatic carbocycles. The third-order valence-electron chi connectivity index (χ3n) is 2.11. The van der Waals surface area contributed by atoms with Crippen LogP contribution in [0.1, 0.15) is 25.5 Å². The summed E-state index contributed by atoms with van der Waals surface area (Å²) in [5, 5.41) is 0. The van der Waals surface area contributed by atoms with Gasteiger partial charge in [0, 0.05) is 18.3 Å². The summed E-state index contributed by atoms with van der Waals surface area (Å²) in [6, 6.07) is 0.755. The lowest BCUT2D eigenvalue weighted by molar-refractivity contribution is 0.253. The van der Waals surface area contributed by atoms with Crippen LogP contribution in [0.3, 0.4) is 0 Å². The van der Waals surface area contributed by atoms with Crippen LogP contribution in [0, 0.1) is 6.92 Å². The van der Waals surface area contributed by atoms with Crippen molar-refractivity contribution >= 4 is 12.0 Å². The van der Waals surface area contributed by atoms with Gasteiger partial charge in [-0.15, -0.1) is 0 Å². The number of anilines is 1. The van der Waals surface area contributed by atoms with Gasteiger partial charge in [0.15, 0.2) is 0 Å². The fraction of sp³-hybridized carbons (Fsp3) is 0.500. The topological polar surface area (TPSA) is 92.1 Å². The Kier molecular flexibility index (Phi) is 4.04. The van der Waals surface area contributed by atoms with Gasteiger partial charge in [-0.2, -0.15) is 0 Å². The van der Waals surface area contributed by atoms with Crippen molar-refractivity contribution in [3.63, 3.8) is 0 Å². The molecule has 2 amide bonds. The van der Waals surface area contributed by atoms with Crippen LogP contribution in [0.2, 0.25) is 0 Å². The van der Waals surface area contributed by atoms with Gasteiger partial charge >= 0.3 is 6.03 Å². The maximum absolute atomic E-state index is 11.2. The maximum Gasteiger partial charge on any atom is 0.321 e. The molecule has 16 heavy (non-hydrogen) atoms. The third-order valence-corrected chi connectivity index (χ3v) is 2.11. The van der Waals surface area contributed by atoms with Crippen LogP contribution in [0.25, 0.3) is 0 Å². The maximum atomic E-state index is 11.2.